The van der Waals surface area contributed by atoms with Crippen molar-refractivity contribution < 1.29 is 39.1 Å². The zero-order chi connectivity index (χ0) is 34.6. The zero-order valence-electron chi connectivity index (χ0n) is 25.9. The summed E-state index contributed by atoms with van der Waals surface area (Å²) in [5.74, 6) is -3.32. The van der Waals surface area contributed by atoms with Crippen LogP contribution < -0.4 is 33.2 Å². The first-order chi connectivity index (χ1) is 20.3. The number of carbonyl (C=O) groups excluding carboxylic acids is 3. The Kier molecular flexibility index (Phi) is 20.5. The van der Waals surface area contributed by atoms with Crippen molar-refractivity contribution in [2.45, 2.75) is 78.9 Å². The average Bonchev–Trinajstić information content (AvgIpc) is 2.88. The van der Waals surface area contributed by atoms with Crippen LogP contribution in [0.25, 0.3) is 0 Å². The summed E-state index contributed by atoms with van der Waals surface area (Å²) in [7, 11) is 0. The second-order valence-electron chi connectivity index (χ2n) is 10.3. The Morgan fingerprint density at radius 1 is 0.886 bits per heavy atom. The maximum absolute atomic E-state index is 13.1. The number of non-ortho nitro benzene ring substituents is 1. The predicted molar refractivity (Wildman–Crippen MR) is 164 cm³/mol. The first kappa shape index (κ1) is 41.3. The van der Waals surface area contributed by atoms with Crippen molar-refractivity contribution in [3.05, 3.63) is 34.4 Å². The molecule has 0 unspecified atom stereocenters. The van der Waals surface area contributed by atoms with E-state index in [1.165, 1.54) is 24.3 Å². The van der Waals surface area contributed by atoms with Crippen LogP contribution in [0.1, 0.15) is 60.8 Å². The Morgan fingerprint density at radius 2 is 1.36 bits per heavy atom. The molecular formula is C27H46N8O9. The fourth-order valence-electron chi connectivity index (χ4n) is 3.21. The third kappa shape index (κ3) is 21.0. The summed E-state index contributed by atoms with van der Waals surface area (Å²) < 4.78 is 0. The summed E-state index contributed by atoms with van der Waals surface area (Å²) in [5, 5.41) is 33.7. The quantitative estimate of drug-likeness (QED) is 0.0467. The zero-order valence-corrected chi connectivity index (χ0v) is 25.9. The van der Waals surface area contributed by atoms with Crippen molar-refractivity contribution in [1.82, 2.24) is 10.6 Å². The van der Waals surface area contributed by atoms with Crippen LogP contribution in [0.2, 0.25) is 0 Å². The highest BCUT2D eigenvalue weighted by molar-refractivity contribution is 5.98. The van der Waals surface area contributed by atoms with Gasteiger partial charge in [0.25, 0.3) is 17.6 Å². The standard InChI is InChI=1S/C23H38N8O5.2C2H4O2/c1-13(2)12-18(30-22(34)19(24)14(3)4)21(33)29-17(6-5-11-27-23(25)26)20(32)28-15-7-9-16(10-8-15)31(35)36;2*1-2(3)4/h7-10,13-14,17-19H,5-6,11-12,24H2,1-4H3,(H,28,32)(H,29,33)(H,30,34)(H4,25,26,27);2*1H3,(H,3,4)/t17-,18-,19+;;/m0../s1. The second kappa shape index (κ2) is 21.8. The number of hydrogen-bond acceptors (Lipinski definition) is 9. The number of carbonyl (C=O) groups is 5. The molecule has 0 aliphatic rings. The third-order valence-electron chi connectivity index (χ3n) is 5.29. The number of anilines is 1. The number of amides is 3. The SMILES string of the molecule is CC(=O)O.CC(=O)O.CC(C)C[C@H](NC(=O)[C@H](N)C(C)C)C(=O)N[C@@H](CCCN=C(N)N)C(=O)Nc1ccc([N+](=O)[O-])cc1. The van der Waals surface area contributed by atoms with Gasteiger partial charge in [0, 0.05) is 38.2 Å². The fraction of sp³-hybridized carbons (Fsp3) is 0.556. The molecule has 0 radical (unpaired) electrons. The number of rotatable bonds is 14. The van der Waals surface area contributed by atoms with Crippen LogP contribution in [-0.2, 0) is 24.0 Å². The van der Waals surface area contributed by atoms with Crippen molar-refractivity contribution in [2.75, 3.05) is 11.9 Å². The Morgan fingerprint density at radius 3 is 1.77 bits per heavy atom. The first-order valence-corrected chi connectivity index (χ1v) is 13.6. The van der Waals surface area contributed by atoms with Crippen LogP contribution >= 0.6 is 0 Å². The van der Waals surface area contributed by atoms with E-state index in [2.05, 4.69) is 20.9 Å². The van der Waals surface area contributed by atoms with Crippen LogP contribution in [0.5, 0.6) is 0 Å². The van der Waals surface area contributed by atoms with E-state index >= 15 is 0 Å². The summed E-state index contributed by atoms with van der Waals surface area (Å²) >= 11 is 0. The number of nitrogens with one attached hydrogen (secondary N) is 3. The van der Waals surface area contributed by atoms with E-state index in [4.69, 9.17) is 37.0 Å². The molecule has 0 bridgehead atoms. The van der Waals surface area contributed by atoms with E-state index in [0.29, 0.717) is 18.5 Å². The van der Waals surface area contributed by atoms with E-state index in [1.807, 2.05) is 13.8 Å². The molecular weight excluding hydrogens is 580 g/mol. The number of hydrogen-bond donors (Lipinski definition) is 8. The minimum atomic E-state index is -0.979. The van der Waals surface area contributed by atoms with Gasteiger partial charge < -0.3 is 43.4 Å². The van der Waals surface area contributed by atoms with E-state index in [1.54, 1.807) is 13.8 Å². The first-order valence-electron chi connectivity index (χ1n) is 13.6. The van der Waals surface area contributed by atoms with Gasteiger partial charge in [-0.25, -0.2) is 0 Å². The van der Waals surface area contributed by atoms with E-state index in [0.717, 1.165) is 13.8 Å². The number of nitro benzene ring substituents is 1. The summed E-state index contributed by atoms with van der Waals surface area (Å²) in [6.07, 6.45) is 0.929. The maximum Gasteiger partial charge on any atom is 0.300 e. The summed E-state index contributed by atoms with van der Waals surface area (Å²) in [6, 6.07) is 2.64. The number of aliphatic imine (C=N–C) groups is 1. The molecule has 0 saturated carbocycles. The molecule has 3 amide bonds. The lowest BCUT2D eigenvalue weighted by atomic mass is 10.00. The Hall–Kier alpha value is -4.80. The van der Waals surface area contributed by atoms with Gasteiger partial charge in [0.05, 0.1) is 11.0 Å². The van der Waals surface area contributed by atoms with Crippen molar-refractivity contribution >= 4 is 47.0 Å². The van der Waals surface area contributed by atoms with Crippen molar-refractivity contribution in [3.8, 4) is 0 Å². The Labute approximate surface area is 256 Å². The van der Waals surface area contributed by atoms with Gasteiger partial charge in [-0.2, -0.15) is 0 Å². The lowest BCUT2D eigenvalue weighted by molar-refractivity contribution is -0.384. The Balaban J connectivity index is 0. The Bertz CT molecular complexity index is 1100. The topological polar surface area (TPSA) is 295 Å². The lowest BCUT2D eigenvalue weighted by Gasteiger charge is -2.26. The van der Waals surface area contributed by atoms with Gasteiger partial charge in [0.15, 0.2) is 5.96 Å². The molecule has 0 spiro atoms. The minimum absolute atomic E-state index is 0.0746. The molecule has 0 aromatic heterocycles. The van der Waals surface area contributed by atoms with Crippen LogP contribution in [0.4, 0.5) is 11.4 Å². The van der Waals surface area contributed by atoms with Crippen LogP contribution in [0.15, 0.2) is 29.3 Å². The van der Waals surface area contributed by atoms with Gasteiger partial charge in [-0.1, -0.05) is 27.7 Å². The largest absolute Gasteiger partial charge is 0.481 e. The van der Waals surface area contributed by atoms with E-state index in [-0.39, 0.29) is 36.4 Å². The number of nitro groups is 1. The monoisotopic (exact) mass is 626 g/mol. The number of aliphatic carboxylic acids is 2. The highest BCUT2D eigenvalue weighted by Gasteiger charge is 2.29. The predicted octanol–water partition coefficient (Wildman–Crippen LogP) is 0.768. The van der Waals surface area contributed by atoms with Gasteiger partial charge in [-0.3, -0.25) is 39.1 Å². The summed E-state index contributed by atoms with van der Waals surface area (Å²) in [6.45, 7) is 9.83. The average molecular weight is 627 g/mol. The summed E-state index contributed by atoms with van der Waals surface area (Å²) in [4.78, 5) is 70.9. The van der Waals surface area contributed by atoms with E-state index < -0.39 is 52.7 Å². The molecule has 17 heteroatoms. The molecule has 1 aromatic carbocycles. The van der Waals surface area contributed by atoms with Crippen molar-refractivity contribution in [3.63, 3.8) is 0 Å². The number of benzene rings is 1. The summed E-state index contributed by atoms with van der Waals surface area (Å²) in [5.41, 5.74) is 16.8. The minimum Gasteiger partial charge on any atom is -0.481 e. The molecule has 17 nitrogen and oxygen atoms in total. The molecule has 11 N–H and O–H groups in total. The molecule has 248 valence electrons. The fourth-order valence-corrected chi connectivity index (χ4v) is 3.21. The van der Waals surface area contributed by atoms with Crippen LogP contribution in [0, 0.1) is 22.0 Å². The van der Waals surface area contributed by atoms with Gasteiger partial charge >= 0.3 is 0 Å². The molecule has 1 aromatic rings. The van der Waals surface area contributed by atoms with Crippen LogP contribution in [0.3, 0.4) is 0 Å². The highest BCUT2D eigenvalue weighted by atomic mass is 16.6. The molecule has 0 aliphatic heterocycles. The molecule has 44 heavy (non-hydrogen) atoms. The van der Waals surface area contributed by atoms with Gasteiger partial charge in [-0.15, -0.1) is 0 Å². The number of nitrogens with zero attached hydrogens (tertiary/aromatic N) is 2. The van der Waals surface area contributed by atoms with Gasteiger partial charge in [-0.05, 0) is 43.2 Å². The van der Waals surface area contributed by atoms with Crippen molar-refractivity contribution in [1.29, 1.82) is 0 Å². The second-order valence-corrected chi connectivity index (χ2v) is 10.3. The molecule has 0 fully saturated rings. The van der Waals surface area contributed by atoms with Crippen LogP contribution in [-0.4, -0.2) is 75.4 Å². The molecule has 0 saturated heterocycles. The normalized spacial score (nSPS) is 12.1. The molecule has 0 aliphatic carbocycles. The third-order valence-corrected chi connectivity index (χ3v) is 5.29. The smallest absolute Gasteiger partial charge is 0.300 e. The van der Waals surface area contributed by atoms with Crippen molar-refractivity contribution in [2.24, 2.45) is 34.0 Å². The van der Waals surface area contributed by atoms with Gasteiger partial charge in [0.1, 0.15) is 12.1 Å². The van der Waals surface area contributed by atoms with E-state index in [9.17, 15) is 24.5 Å². The highest BCUT2D eigenvalue weighted by Crippen LogP contribution is 2.16. The maximum atomic E-state index is 13.1. The number of carboxylic acids is 2. The molecule has 1 rings (SSSR count). The number of carboxylic acid groups (broad SMARTS) is 2. The van der Waals surface area contributed by atoms with Gasteiger partial charge in [0.2, 0.25) is 17.7 Å². The molecule has 0 heterocycles. The lowest BCUT2D eigenvalue weighted by Crippen LogP contribution is -2.56. The number of nitrogens with two attached hydrogens (primary N) is 3. The number of guanidine groups is 1. The molecule has 3 atom stereocenters.